The maximum Gasteiger partial charge on any atom is 0.224 e. The topological polar surface area (TPSA) is 116 Å². The molecule has 2 atom stereocenters. The molecule has 34 heavy (non-hydrogen) atoms. The normalized spacial score (nSPS) is 13.9. The molecule has 0 aliphatic heterocycles. The zero-order valence-corrected chi connectivity index (χ0v) is 23.4. The predicted octanol–water partition coefficient (Wildman–Crippen LogP) is 4.65. The van der Waals surface area contributed by atoms with Gasteiger partial charge in [-0.2, -0.15) is 0 Å². The predicted molar refractivity (Wildman–Crippen MR) is 138 cm³/mol. The first-order valence-corrected chi connectivity index (χ1v) is 14.2. The molecular formula is C25H52N2O6S. The zero-order valence-electron chi connectivity index (χ0n) is 22.6. The summed E-state index contributed by atoms with van der Waals surface area (Å²) in [6, 6.07) is 0. The number of carbonyl (C=O) groups is 1. The van der Waals surface area contributed by atoms with Crippen molar-refractivity contribution in [3.63, 3.8) is 0 Å². The van der Waals surface area contributed by atoms with Crippen LogP contribution in [0.25, 0.3) is 0 Å². The van der Waals surface area contributed by atoms with Gasteiger partial charge in [-0.25, -0.2) is 8.42 Å². The zero-order chi connectivity index (χ0) is 26.5. The highest BCUT2D eigenvalue weighted by molar-refractivity contribution is 7.80. The fraction of sp³-hybridized carbons (Fsp3) is 0.880. The Kier molecular flexibility index (Phi) is 22.0. The van der Waals surface area contributed by atoms with E-state index in [1.165, 1.54) is 38.5 Å². The van der Waals surface area contributed by atoms with Gasteiger partial charge < -0.3 is 19.5 Å². The van der Waals surface area contributed by atoms with Crippen LogP contribution in [0.1, 0.15) is 104 Å². The van der Waals surface area contributed by atoms with Gasteiger partial charge in [0.15, 0.2) is 6.17 Å². The Morgan fingerprint density at radius 2 is 1.56 bits per heavy atom. The number of aliphatic hydroxyl groups is 1. The van der Waals surface area contributed by atoms with Gasteiger partial charge in [0.1, 0.15) is 0 Å². The first-order valence-electron chi connectivity index (χ1n) is 12.8. The lowest BCUT2D eigenvalue weighted by atomic mass is 10.1. The second-order valence-corrected chi connectivity index (χ2v) is 10.8. The molecule has 0 aromatic rings. The van der Waals surface area contributed by atoms with E-state index in [-0.39, 0.29) is 18.2 Å². The Labute approximate surface area is 209 Å². The van der Waals surface area contributed by atoms with Gasteiger partial charge in [0.05, 0.1) is 34.4 Å². The van der Waals surface area contributed by atoms with Crippen molar-refractivity contribution in [3.05, 3.63) is 12.2 Å². The van der Waals surface area contributed by atoms with Crippen LogP contribution < -0.4 is 5.32 Å². The van der Waals surface area contributed by atoms with E-state index < -0.39 is 10.4 Å². The molecule has 0 saturated carbocycles. The Bertz CT molecular complexity index is 617. The van der Waals surface area contributed by atoms with E-state index in [0.717, 1.165) is 56.5 Å². The van der Waals surface area contributed by atoms with Gasteiger partial charge in [0, 0.05) is 12.8 Å². The summed E-state index contributed by atoms with van der Waals surface area (Å²) < 4.78 is 31.8. The van der Waals surface area contributed by atoms with Crippen molar-refractivity contribution in [1.82, 2.24) is 5.32 Å². The van der Waals surface area contributed by atoms with E-state index in [1.807, 2.05) is 0 Å². The first kappa shape index (κ1) is 35.2. The van der Waals surface area contributed by atoms with Crippen molar-refractivity contribution < 1.29 is 31.5 Å². The van der Waals surface area contributed by atoms with Crippen LogP contribution in [-0.4, -0.2) is 69.0 Å². The smallest absolute Gasteiger partial charge is 0.224 e. The van der Waals surface area contributed by atoms with Crippen LogP contribution >= 0.6 is 0 Å². The van der Waals surface area contributed by atoms with Crippen LogP contribution in [0.2, 0.25) is 0 Å². The van der Waals surface area contributed by atoms with Crippen LogP contribution in [-0.2, 0) is 19.4 Å². The lowest BCUT2D eigenvalue weighted by molar-refractivity contribution is -0.898. The quantitative estimate of drug-likeness (QED) is 0.0655. The maximum atomic E-state index is 12.1. The summed E-state index contributed by atoms with van der Waals surface area (Å²) in [7, 11) is 2.76. The highest BCUT2D eigenvalue weighted by Crippen LogP contribution is 2.11. The molecule has 0 saturated heterocycles. The largest absolute Gasteiger partial charge is 0.726 e. The molecule has 0 aliphatic rings. The Balaban J connectivity index is 0. The molecule has 8 nitrogen and oxygen atoms in total. The molecular weight excluding hydrogens is 456 g/mol. The van der Waals surface area contributed by atoms with Gasteiger partial charge in [0.2, 0.25) is 16.3 Å². The summed E-state index contributed by atoms with van der Waals surface area (Å²) in [5, 5.41) is 13.1. The fourth-order valence-corrected chi connectivity index (χ4v) is 3.48. The number of hydrogen-bond donors (Lipinski definition) is 2. The Morgan fingerprint density at radius 3 is 2.09 bits per heavy atom. The number of amides is 1. The summed E-state index contributed by atoms with van der Waals surface area (Å²) in [6.07, 6.45) is 19.5. The van der Waals surface area contributed by atoms with Gasteiger partial charge in [-0.05, 0) is 32.1 Å². The molecule has 1 amide bonds. The van der Waals surface area contributed by atoms with Crippen molar-refractivity contribution in [2.45, 2.75) is 116 Å². The third-order valence-corrected chi connectivity index (χ3v) is 6.00. The summed E-state index contributed by atoms with van der Waals surface area (Å²) in [6.45, 7) is 4.34. The number of quaternary nitrogens is 1. The molecule has 0 heterocycles. The maximum absolute atomic E-state index is 12.1. The van der Waals surface area contributed by atoms with Crippen molar-refractivity contribution in [3.8, 4) is 0 Å². The summed E-state index contributed by atoms with van der Waals surface area (Å²) >= 11 is 0. The molecule has 0 radical (unpaired) electrons. The Hall–Kier alpha value is -1.00. The summed E-state index contributed by atoms with van der Waals surface area (Å²) in [4.78, 5) is 12.1. The number of nitrogens with one attached hydrogen (secondary N) is 1. The molecule has 0 aliphatic carbocycles. The SMILES string of the molecule is CCCCCC[C@@H](O)C/C=C\CCCCCCCC(=O)NC(CC)[N+](C)(C)C.COS(=O)(=O)[O-]. The minimum atomic E-state index is -4.41. The number of hydrogen-bond acceptors (Lipinski definition) is 6. The van der Waals surface area contributed by atoms with Crippen LogP contribution in [0, 0.1) is 0 Å². The third-order valence-electron chi connectivity index (χ3n) is 5.59. The number of rotatable bonds is 19. The second-order valence-electron chi connectivity index (χ2n) is 9.70. The van der Waals surface area contributed by atoms with Crippen molar-refractivity contribution in [1.29, 1.82) is 0 Å². The highest BCUT2D eigenvalue weighted by atomic mass is 32.3. The van der Waals surface area contributed by atoms with Gasteiger partial charge >= 0.3 is 0 Å². The molecule has 0 rings (SSSR count). The van der Waals surface area contributed by atoms with E-state index in [2.05, 4.69) is 56.6 Å². The van der Waals surface area contributed by atoms with Crippen LogP contribution in [0.15, 0.2) is 12.2 Å². The van der Waals surface area contributed by atoms with Crippen molar-refractivity contribution in [2.24, 2.45) is 0 Å². The van der Waals surface area contributed by atoms with E-state index in [1.54, 1.807) is 0 Å². The van der Waals surface area contributed by atoms with E-state index in [0.29, 0.717) is 6.42 Å². The third kappa shape index (κ3) is 25.6. The molecule has 9 heteroatoms. The van der Waals surface area contributed by atoms with Crippen molar-refractivity contribution in [2.75, 3.05) is 28.3 Å². The van der Waals surface area contributed by atoms with Crippen molar-refractivity contribution >= 4 is 16.3 Å². The lowest BCUT2D eigenvalue weighted by Gasteiger charge is -2.33. The van der Waals surface area contributed by atoms with Crippen LogP contribution in [0.3, 0.4) is 0 Å². The first-order chi connectivity index (χ1) is 15.9. The van der Waals surface area contributed by atoms with E-state index in [4.69, 9.17) is 0 Å². The summed E-state index contributed by atoms with van der Waals surface area (Å²) in [5.74, 6) is 0.191. The number of unbranched alkanes of at least 4 members (excludes halogenated alkanes) is 8. The second kappa shape index (κ2) is 21.3. The number of nitrogens with zero attached hydrogens (tertiary/aromatic N) is 1. The van der Waals surface area contributed by atoms with Gasteiger partial charge in [-0.15, -0.1) is 0 Å². The molecule has 1 unspecified atom stereocenters. The summed E-state index contributed by atoms with van der Waals surface area (Å²) in [5.41, 5.74) is 0. The lowest BCUT2D eigenvalue weighted by Crippen LogP contribution is -2.54. The van der Waals surface area contributed by atoms with Gasteiger partial charge in [-0.1, -0.05) is 70.9 Å². The number of aliphatic hydroxyl groups excluding tert-OH is 1. The molecule has 0 aromatic carbocycles. The minimum Gasteiger partial charge on any atom is -0.726 e. The van der Waals surface area contributed by atoms with Gasteiger partial charge in [0.25, 0.3) is 0 Å². The minimum absolute atomic E-state index is 0.163. The standard InChI is InChI=1S/C24H48N2O2.CH4O4S/c1-6-8-9-16-19-22(27)20-17-14-12-10-11-13-15-18-21-24(28)25-23(7-2)26(3,4)5;1-5-6(2,3)4/h14,17,22-23,27H,6-13,15-16,18-21H2,1-5H3;1H3,(H,2,3,4)/b17-14-;/t22-,23?;/m1./s1. The molecule has 204 valence electrons. The molecule has 0 bridgehead atoms. The monoisotopic (exact) mass is 508 g/mol. The average molecular weight is 509 g/mol. The van der Waals surface area contributed by atoms with Crippen LogP contribution in [0.4, 0.5) is 0 Å². The van der Waals surface area contributed by atoms with Gasteiger partial charge in [-0.3, -0.25) is 8.98 Å². The molecule has 0 fully saturated rings. The molecule has 2 N–H and O–H groups in total. The average Bonchev–Trinajstić information content (AvgIpc) is 2.75. The highest BCUT2D eigenvalue weighted by Gasteiger charge is 2.22. The van der Waals surface area contributed by atoms with E-state index >= 15 is 0 Å². The number of allylic oxidation sites excluding steroid dienone is 1. The molecule has 0 aromatic heterocycles. The fourth-order valence-electron chi connectivity index (χ4n) is 3.48. The van der Waals surface area contributed by atoms with Crippen LogP contribution in [0.5, 0.6) is 0 Å². The van der Waals surface area contributed by atoms with E-state index in [9.17, 15) is 22.9 Å². The Morgan fingerprint density at radius 1 is 1.00 bits per heavy atom. The molecule has 0 spiro atoms. The number of carbonyl (C=O) groups excluding carboxylic acids is 1.